The third-order valence-corrected chi connectivity index (χ3v) is 6.22. The van der Waals surface area contributed by atoms with Crippen molar-refractivity contribution < 1.29 is 27.4 Å². The van der Waals surface area contributed by atoms with Crippen LogP contribution in [0.2, 0.25) is 0 Å². The van der Waals surface area contributed by atoms with E-state index in [1.807, 2.05) is 17.5 Å². The van der Waals surface area contributed by atoms with Gasteiger partial charge in [0.05, 0.1) is 12.0 Å². The fourth-order valence-corrected chi connectivity index (χ4v) is 4.66. The van der Waals surface area contributed by atoms with Crippen LogP contribution in [0.3, 0.4) is 0 Å². The number of benzene rings is 1. The third kappa shape index (κ3) is 3.21. The van der Waals surface area contributed by atoms with E-state index < -0.39 is 12.9 Å². The number of allylic oxidation sites excluding steroid dienone is 2. The van der Waals surface area contributed by atoms with Gasteiger partial charge in [0.1, 0.15) is 5.75 Å². The van der Waals surface area contributed by atoms with Gasteiger partial charge in [-0.1, -0.05) is 6.07 Å². The van der Waals surface area contributed by atoms with E-state index in [9.17, 15) is 4.79 Å². The maximum atomic E-state index is 15.9. The minimum Gasteiger partial charge on any atom is -0.482 e. The SMILES string of the molecule is COC(=O)COc1ccc(-c2ccc3n2[B-](F)(F)[N+]2=C(c4cccs4)C=CC2=C3)cc1. The summed E-state index contributed by atoms with van der Waals surface area (Å²) in [6.07, 6.45) is 5.24. The van der Waals surface area contributed by atoms with Crippen molar-refractivity contribution in [3.05, 3.63) is 82.3 Å². The molecule has 3 aromatic rings. The molecule has 156 valence electrons. The highest BCUT2D eigenvalue weighted by Gasteiger charge is 2.52. The lowest BCUT2D eigenvalue weighted by Gasteiger charge is -2.30. The number of aromatic nitrogens is 1. The second-order valence-corrected chi connectivity index (χ2v) is 8.07. The first-order valence-corrected chi connectivity index (χ1v) is 10.5. The molecule has 5 nitrogen and oxygen atoms in total. The molecular formula is C22H17BF2N2O3S. The van der Waals surface area contributed by atoms with Crippen LogP contribution < -0.4 is 4.74 Å². The van der Waals surface area contributed by atoms with E-state index >= 15 is 8.63 Å². The van der Waals surface area contributed by atoms with Crippen LogP contribution in [0.15, 0.2) is 71.8 Å². The van der Waals surface area contributed by atoms with Crippen molar-refractivity contribution >= 4 is 36.1 Å². The molecule has 2 aliphatic heterocycles. The van der Waals surface area contributed by atoms with Crippen molar-refractivity contribution in [2.75, 3.05) is 13.7 Å². The Bertz CT molecular complexity index is 1260. The number of rotatable bonds is 5. The van der Waals surface area contributed by atoms with Crippen molar-refractivity contribution in [3.8, 4) is 17.0 Å². The van der Waals surface area contributed by atoms with E-state index in [-0.39, 0.29) is 6.61 Å². The Labute approximate surface area is 181 Å². The molecule has 0 fully saturated rings. The molecular weight excluding hydrogens is 421 g/mol. The summed E-state index contributed by atoms with van der Waals surface area (Å²) in [5.41, 5.74) is 2.47. The van der Waals surface area contributed by atoms with Gasteiger partial charge >= 0.3 is 12.9 Å². The number of ether oxygens (including phenoxy) is 2. The normalized spacial score (nSPS) is 16.0. The summed E-state index contributed by atoms with van der Waals surface area (Å²) < 4.78 is 43.9. The molecule has 0 radical (unpaired) electrons. The molecule has 5 rings (SSSR count). The van der Waals surface area contributed by atoms with Gasteiger partial charge in [-0.25, -0.2) is 4.79 Å². The first-order chi connectivity index (χ1) is 15.0. The maximum Gasteiger partial charge on any atom is 0.737 e. The Hall–Kier alpha value is -3.46. The predicted molar refractivity (Wildman–Crippen MR) is 117 cm³/mol. The number of carbonyl (C=O) groups excluding carboxylic acids is 1. The summed E-state index contributed by atoms with van der Waals surface area (Å²) in [5, 5.41) is 1.88. The van der Waals surface area contributed by atoms with Gasteiger partial charge in [-0.05, 0) is 53.4 Å². The smallest absolute Gasteiger partial charge is 0.482 e. The highest BCUT2D eigenvalue weighted by molar-refractivity contribution is 7.12. The largest absolute Gasteiger partial charge is 0.737 e. The molecule has 9 heteroatoms. The number of methoxy groups -OCH3 is 1. The van der Waals surface area contributed by atoms with E-state index in [1.165, 1.54) is 18.4 Å². The number of thiophene rings is 1. The number of nitrogens with zero attached hydrogens (tertiary/aromatic N) is 2. The zero-order valence-corrected chi connectivity index (χ0v) is 17.3. The lowest BCUT2D eigenvalue weighted by atomic mass is 9.90. The van der Waals surface area contributed by atoms with Gasteiger partial charge in [-0.2, -0.15) is 0 Å². The van der Waals surface area contributed by atoms with Crippen LogP contribution >= 0.6 is 11.3 Å². The van der Waals surface area contributed by atoms with Gasteiger partial charge in [-0.3, -0.25) is 0 Å². The Morgan fingerprint density at radius 2 is 1.94 bits per heavy atom. The van der Waals surface area contributed by atoms with Crippen LogP contribution in [0, 0.1) is 0 Å². The summed E-state index contributed by atoms with van der Waals surface area (Å²) in [6.45, 7) is -4.31. The highest BCUT2D eigenvalue weighted by Crippen LogP contribution is 2.37. The zero-order chi connectivity index (χ0) is 21.6. The van der Waals surface area contributed by atoms with Crippen molar-refractivity contribution in [2.45, 2.75) is 0 Å². The molecule has 4 heterocycles. The summed E-state index contributed by atoms with van der Waals surface area (Å²) >= 11 is 1.43. The number of fused-ring (bicyclic) bond motifs is 2. The molecule has 0 bridgehead atoms. The zero-order valence-electron chi connectivity index (χ0n) is 16.5. The van der Waals surface area contributed by atoms with Crippen molar-refractivity contribution in [2.24, 2.45) is 0 Å². The van der Waals surface area contributed by atoms with Gasteiger partial charge in [0.2, 0.25) is 0 Å². The van der Waals surface area contributed by atoms with Crippen molar-refractivity contribution in [3.63, 3.8) is 0 Å². The van der Waals surface area contributed by atoms with E-state index in [2.05, 4.69) is 4.74 Å². The number of halogens is 2. The molecule has 1 aromatic carbocycles. The average molecular weight is 438 g/mol. The Kier molecular flexibility index (Phi) is 4.62. The first kappa shape index (κ1) is 19.5. The molecule has 0 saturated carbocycles. The number of esters is 1. The topological polar surface area (TPSA) is 43.5 Å². The maximum absolute atomic E-state index is 15.9. The van der Waals surface area contributed by atoms with Crippen molar-refractivity contribution in [1.82, 2.24) is 4.48 Å². The summed E-state index contributed by atoms with van der Waals surface area (Å²) in [4.78, 5) is 12.0. The molecule has 2 aliphatic rings. The fourth-order valence-electron chi connectivity index (χ4n) is 3.91. The molecule has 0 aliphatic carbocycles. The molecule has 0 spiro atoms. The monoisotopic (exact) mass is 438 g/mol. The summed E-state index contributed by atoms with van der Waals surface area (Å²) in [5.74, 6) is -0.0391. The van der Waals surface area contributed by atoms with E-state index in [0.29, 0.717) is 34.1 Å². The van der Waals surface area contributed by atoms with E-state index in [0.717, 1.165) is 13.8 Å². The lowest BCUT2D eigenvalue weighted by molar-refractivity contribution is -0.359. The summed E-state index contributed by atoms with van der Waals surface area (Å²) in [7, 11) is 1.28. The Morgan fingerprint density at radius 1 is 1.13 bits per heavy atom. The number of carbonyl (C=O) groups is 1. The van der Waals surface area contributed by atoms with Gasteiger partial charge < -0.3 is 27.1 Å². The van der Waals surface area contributed by atoms with Crippen LogP contribution in [0.4, 0.5) is 8.63 Å². The van der Waals surface area contributed by atoms with Gasteiger partial charge in [0.25, 0.3) is 0 Å². The molecule has 0 amide bonds. The van der Waals surface area contributed by atoms with Crippen LogP contribution in [0.1, 0.15) is 10.6 Å². The molecule has 2 aromatic heterocycles. The van der Waals surface area contributed by atoms with Crippen LogP contribution in [0.25, 0.3) is 17.3 Å². The second kappa shape index (κ2) is 7.35. The van der Waals surface area contributed by atoms with Gasteiger partial charge in [0.15, 0.2) is 18.0 Å². The molecule has 0 saturated heterocycles. The predicted octanol–water partition coefficient (Wildman–Crippen LogP) is 4.42. The minimum atomic E-state index is -4.10. The number of hydrogen-bond acceptors (Lipinski definition) is 4. The standard InChI is InChI=1S/C22H17BF2N2O3S/c1-29-22(28)14-30-18-8-4-15(5-9-18)19-10-6-16-13-17-7-11-20(21-3-2-12-31-21)27(17)23(24,25)26(16)19/h2-13H,14H2,1H3. The van der Waals surface area contributed by atoms with E-state index in [4.69, 9.17) is 4.74 Å². The number of hydrogen-bond donors (Lipinski definition) is 0. The van der Waals surface area contributed by atoms with Crippen LogP contribution in [-0.4, -0.2) is 41.3 Å². The third-order valence-electron chi connectivity index (χ3n) is 5.32. The summed E-state index contributed by atoms with van der Waals surface area (Å²) in [6, 6.07) is 13.8. The van der Waals surface area contributed by atoms with E-state index in [1.54, 1.807) is 54.6 Å². The molecule has 31 heavy (non-hydrogen) atoms. The van der Waals surface area contributed by atoms with Crippen LogP contribution in [0.5, 0.6) is 5.75 Å². The molecule has 0 unspecified atom stereocenters. The average Bonchev–Trinajstić information content (AvgIpc) is 3.51. The first-order valence-electron chi connectivity index (χ1n) is 9.63. The lowest BCUT2D eigenvalue weighted by Crippen LogP contribution is -2.50. The second-order valence-electron chi connectivity index (χ2n) is 7.13. The quantitative estimate of drug-likeness (QED) is 0.438. The van der Waals surface area contributed by atoms with Gasteiger partial charge in [0, 0.05) is 29.6 Å². The highest BCUT2D eigenvalue weighted by atomic mass is 32.1. The molecule has 0 atom stereocenters. The van der Waals surface area contributed by atoms with Crippen molar-refractivity contribution in [1.29, 1.82) is 0 Å². The minimum absolute atomic E-state index is 0.214. The Balaban J connectivity index is 1.53. The molecule has 0 N–H and O–H groups in total. The fraction of sp³-hybridized carbons (Fsp3) is 0.0909. The Morgan fingerprint density at radius 3 is 2.65 bits per heavy atom. The van der Waals surface area contributed by atoms with Gasteiger partial charge in [-0.15, -0.1) is 11.3 Å². The van der Waals surface area contributed by atoms with Crippen LogP contribution in [-0.2, 0) is 9.53 Å².